The lowest BCUT2D eigenvalue weighted by Crippen LogP contribution is -2.56. The number of hydrogen-bond donors (Lipinski definition) is 0. The van der Waals surface area contributed by atoms with Crippen LogP contribution in [0.5, 0.6) is 0 Å². The SMILES string of the molecule is c1ccc(C2CN3CCCCC23)cc1. The molecular formula is C13H17N. The quantitative estimate of drug-likeness (QED) is 0.653. The van der Waals surface area contributed by atoms with Crippen molar-refractivity contribution >= 4 is 0 Å². The van der Waals surface area contributed by atoms with Gasteiger partial charge in [-0.1, -0.05) is 36.8 Å². The Morgan fingerprint density at radius 1 is 1.07 bits per heavy atom. The average Bonchev–Trinajstić information content (AvgIpc) is 2.22. The predicted molar refractivity (Wildman–Crippen MR) is 58.4 cm³/mol. The Bertz CT molecular complexity index is 306. The van der Waals surface area contributed by atoms with Gasteiger partial charge in [0.1, 0.15) is 0 Å². The van der Waals surface area contributed by atoms with Gasteiger partial charge in [-0.2, -0.15) is 0 Å². The van der Waals surface area contributed by atoms with Crippen molar-refractivity contribution in [3.63, 3.8) is 0 Å². The fourth-order valence-electron chi connectivity index (χ4n) is 2.96. The maximum atomic E-state index is 2.65. The maximum Gasteiger partial charge on any atom is 0.0176 e. The summed E-state index contributed by atoms with van der Waals surface area (Å²) in [6.07, 6.45) is 4.27. The first-order valence-electron chi connectivity index (χ1n) is 5.74. The van der Waals surface area contributed by atoms with Gasteiger partial charge >= 0.3 is 0 Å². The van der Waals surface area contributed by atoms with Gasteiger partial charge in [-0.15, -0.1) is 0 Å². The number of fused-ring (bicyclic) bond motifs is 1. The van der Waals surface area contributed by atoms with Gasteiger partial charge in [-0.25, -0.2) is 0 Å². The summed E-state index contributed by atoms with van der Waals surface area (Å²) in [5, 5.41) is 0. The minimum Gasteiger partial charge on any atom is -0.299 e. The molecule has 2 aliphatic rings. The third kappa shape index (κ3) is 1.27. The van der Waals surface area contributed by atoms with Crippen molar-refractivity contribution < 1.29 is 0 Å². The molecule has 1 heteroatoms. The van der Waals surface area contributed by atoms with Crippen LogP contribution >= 0.6 is 0 Å². The van der Waals surface area contributed by atoms with Gasteiger partial charge in [0.2, 0.25) is 0 Å². The molecule has 0 aromatic heterocycles. The Balaban J connectivity index is 1.76. The number of nitrogens with zero attached hydrogens (tertiary/aromatic N) is 1. The molecule has 0 aliphatic carbocycles. The van der Waals surface area contributed by atoms with E-state index in [0.29, 0.717) is 0 Å². The minimum absolute atomic E-state index is 0.830. The molecule has 1 aromatic carbocycles. The van der Waals surface area contributed by atoms with Gasteiger partial charge < -0.3 is 0 Å². The molecular weight excluding hydrogens is 170 g/mol. The van der Waals surface area contributed by atoms with Gasteiger partial charge in [0, 0.05) is 18.5 Å². The highest BCUT2D eigenvalue weighted by molar-refractivity contribution is 5.25. The molecule has 0 amide bonds. The highest BCUT2D eigenvalue weighted by Gasteiger charge is 2.40. The van der Waals surface area contributed by atoms with Crippen molar-refractivity contribution in [2.24, 2.45) is 0 Å². The van der Waals surface area contributed by atoms with Crippen LogP contribution in [0.1, 0.15) is 30.7 Å². The highest BCUT2D eigenvalue weighted by atomic mass is 15.2. The van der Waals surface area contributed by atoms with E-state index < -0.39 is 0 Å². The summed E-state index contributed by atoms with van der Waals surface area (Å²) in [6, 6.07) is 11.9. The smallest absolute Gasteiger partial charge is 0.0176 e. The van der Waals surface area contributed by atoms with Crippen molar-refractivity contribution in [1.82, 2.24) is 4.90 Å². The summed E-state index contributed by atoms with van der Waals surface area (Å²) in [5.41, 5.74) is 1.55. The first-order valence-corrected chi connectivity index (χ1v) is 5.74. The Morgan fingerprint density at radius 3 is 2.71 bits per heavy atom. The minimum atomic E-state index is 0.830. The van der Waals surface area contributed by atoms with Crippen LogP contribution in [0.15, 0.2) is 30.3 Å². The van der Waals surface area contributed by atoms with Crippen LogP contribution in [-0.4, -0.2) is 24.0 Å². The van der Waals surface area contributed by atoms with Crippen LogP contribution < -0.4 is 0 Å². The zero-order chi connectivity index (χ0) is 9.38. The molecule has 2 fully saturated rings. The molecule has 2 unspecified atom stereocenters. The lowest BCUT2D eigenvalue weighted by atomic mass is 9.78. The summed E-state index contributed by atoms with van der Waals surface area (Å²) >= 11 is 0. The van der Waals surface area contributed by atoms with Gasteiger partial charge in [0.15, 0.2) is 0 Å². The van der Waals surface area contributed by atoms with E-state index in [1.54, 1.807) is 5.56 Å². The summed E-state index contributed by atoms with van der Waals surface area (Å²) in [4.78, 5) is 2.65. The molecule has 0 bridgehead atoms. The van der Waals surface area contributed by atoms with Crippen LogP contribution in [0, 0.1) is 0 Å². The van der Waals surface area contributed by atoms with Gasteiger partial charge in [0.25, 0.3) is 0 Å². The molecule has 14 heavy (non-hydrogen) atoms. The molecule has 0 radical (unpaired) electrons. The predicted octanol–water partition coefficient (Wildman–Crippen LogP) is 2.64. The third-order valence-electron chi connectivity index (χ3n) is 3.79. The van der Waals surface area contributed by atoms with E-state index in [2.05, 4.69) is 35.2 Å². The normalized spacial score (nSPS) is 32.0. The average molecular weight is 187 g/mol. The molecule has 0 spiro atoms. The first kappa shape index (κ1) is 8.49. The van der Waals surface area contributed by atoms with E-state index in [4.69, 9.17) is 0 Å². The topological polar surface area (TPSA) is 3.24 Å². The van der Waals surface area contributed by atoms with Crippen LogP contribution in [0.2, 0.25) is 0 Å². The summed E-state index contributed by atoms with van der Waals surface area (Å²) in [7, 11) is 0. The number of benzene rings is 1. The van der Waals surface area contributed by atoms with Crippen molar-refractivity contribution in [2.75, 3.05) is 13.1 Å². The van der Waals surface area contributed by atoms with Crippen molar-refractivity contribution in [3.8, 4) is 0 Å². The van der Waals surface area contributed by atoms with E-state index in [9.17, 15) is 0 Å². The summed E-state index contributed by atoms with van der Waals surface area (Å²) < 4.78 is 0. The van der Waals surface area contributed by atoms with Crippen LogP contribution in [-0.2, 0) is 0 Å². The van der Waals surface area contributed by atoms with Crippen molar-refractivity contribution in [3.05, 3.63) is 35.9 Å². The lowest BCUT2D eigenvalue weighted by Gasteiger charge is -2.51. The van der Waals surface area contributed by atoms with Crippen LogP contribution in [0.25, 0.3) is 0 Å². The standard InChI is InChI=1S/C13H17N/c1-2-6-11(7-3-1)12-10-14-9-5-4-8-13(12)14/h1-3,6-7,12-13H,4-5,8-10H2. The Hall–Kier alpha value is -0.820. The monoisotopic (exact) mass is 187 g/mol. The zero-order valence-electron chi connectivity index (χ0n) is 8.52. The largest absolute Gasteiger partial charge is 0.299 e. The van der Waals surface area contributed by atoms with Crippen LogP contribution in [0.4, 0.5) is 0 Å². The molecule has 74 valence electrons. The zero-order valence-corrected chi connectivity index (χ0v) is 8.52. The second kappa shape index (κ2) is 3.39. The molecule has 2 heterocycles. The van der Waals surface area contributed by atoms with Gasteiger partial charge in [-0.05, 0) is 24.9 Å². The molecule has 0 N–H and O–H groups in total. The third-order valence-corrected chi connectivity index (χ3v) is 3.79. The van der Waals surface area contributed by atoms with Crippen molar-refractivity contribution in [2.45, 2.75) is 31.2 Å². The van der Waals surface area contributed by atoms with E-state index in [-0.39, 0.29) is 0 Å². The van der Waals surface area contributed by atoms with Crippen molar-refractivity contribution in [1.29, 1.82) is 0 Å². The van der Waals surface area contributed by atoms with Gasteiger partial charge in [-0.3, -0.25) is 4.90 Å². The highest BCUT2D eigenvalue weighted by Crippen LogP contribution is 2.39. The summed E-state index contributed by atoms with van der Waals surface area (Å²) in [5.74, 6) is 0.830. The Labute approximate surface area is 85.7 Å². The number of hydrogen-bond acceptors (Lipinski definition) is 1. The molecule has 0 saturated carbocycles. The second-order valence-corrected chi connectivity index (χ2v) is 4.58. The molecule has 3 rings (SSSR count). The second-order valence-electron chi connectivity index (χ2n) is 4.58. The van der Waals surface area contributed by atoms with E-state index >= 15 is 0 Å². The molecule has 2 saturated heterocycles. The molecule has 1 aromatic rings. The number of rotatable bonds is 1. The lowest BCUT2D eigenvalue weighted by molar-refractivity contribution is 0.0269. The molecule has 2 aliphatic heterocycles. The van der Waals surface area contributed by atoms with Gasteiger partial charge in [0.05, 0.1) is 0 Å². The van der Waals surface area contributed by atoms with E-state index in [1.165, 1.54) is 32.4 Å². The Kier molecular flexibility index (Phi) is 2.06. The fraction of sp³-hybridized carbons (Fsp3) is 0.538. The fourth-order valence-corrected chi connectivity index (χ4v) is 2.96. The van der Waals surface area contributed by atoms with E-state index in [1.807, 2.05) is 0 Å². The Morgan fingerprint density at radius 2 is 1.93 bits per heavy atom. The maximum absolute atomic E-state index is 2.65. The molecule has 2 atom stereocenters. The first-order chi connectivity index (χ1) is 6.95. The molecule has 1 nitrogen and oxygen atoms in total. The number of piperidine rings is 1. The van der Waals surface area contributed by atoms with Crippen LogP contribution in [0.3, 0.4) is 0 Å². The van der Waals surface area contributed by atoms with E-state index in [0.717, 1.165) is 12.0 Å². The summed E-state index contributed by atoms with van der Waals surface area (Å²) in [6.45, 7) is 2.64.